The average molecular weight is 324 g/mol. The monoisotopic (exact) mass is 323 g/mol. The van der Waals surface area contributed by atoms with Crippen molar-refractivity contribution in [3.05, 3.63) is 47.0 Å². The number of aromatic hydroxyl groups is 1. The van der Waals surface area contributed by atoms with Gasteiger partial charge in [-0.3, -0.25) is 0 Å². The molecule has 0 unspecified atom stereocenters. The minimum atomic E-state index is -3.93. The highest BCUT2D eigenvalue weighted by molar-refractivity contribution is 7.91. The summed E-state index contributed by atoms with van der Waals surface area (Å²) < 4.78 is 30.0. The van der Waals surface area contributed by atoms with E-state index >= 15 is 0 Å². The first-order valence-electron chi connectivity index (χ1n) is 5.72. The molecule has 0 atom stereocenters. The summed E-state index contributed by atoms with van der Waals surface area (Å²) in [6.45, 7) is 0. The Morgan fingerprint density at radius 2 is 1.95 bits per heavy atom. The van der Waals surface area contributed by atoms with E-state index in [0.717, 1.165) is 0 Å². The Hall–Kier alpha value is -2.23. The minimum absolute atomic E-state index is 0.0149. The van der Waals surface area contributed by atoms with Crippen LogP contribution in [0.3, 0.4) is 0 Å². The lowest BCUT2D eigenvalue weighted by Gasteiger charge is -2.09. The molecule has 0 saturated carbocycles. The Kier molecular flexibility index (Phi) is 4.07. The summed E-state index contributed by atoms with van der Waals surface area (Å²) in [5.74, 6) is -0.142. The van der Waals surface area contributed by atoms with E-state index in [4.69, 9.17) is 21.6 Å². The van der Waals surface area contributed by atoms with Gasteiger partial charge in [0.2, 0.25) is 9.84 Å². The fraction of sp³-hybridized carbons (Fsp3) is 0.0714. The number of nitriles is 1. The van der Waals surface area contributed by atoms with E-state index in [9.17, 15) is 13.5 Å². The number of sulfone groups is 1. The van der Waals surface area contributed by atoms with E-state index in [1.807, 2.05) is 6.07 Å². The number of hydrogen-bond donors (Lipinski definition) is 1. The van der Waals surface area contributed by atoms with E-state index in [-0.39, 0.29) is 31.9 Å². The minimum Gasteiger partial charge on any atom is -0.504 e. The normalized spacial score (nSPS) is 10.9. The number of ether oxygens (including phenoxy) is 1. The van der Waals surface area contributed by atoms with Gasteiger partial charge in [0.15, 0.2) is 11.5 Å². The van der Waals surface area contributed by atoms with Crippen molar-refractivity contribution in [2.24, 2.45) is 0 Å². The molecule has 0 saturated heterocycles. The van der Waals surface area contributed by atoms with Crippen molar-refractivity contribution < 1.29 is 18.3 Å². The maximum atomic E-state index is 12.6. The molecule has 2 aromatic rings. The van der Waals surface area contributed by atoms with E-state index in [1.165, 1.54) is 43.5 Å². The highest BCUT2D eigenvalue weighted by Gasteiger charge is 2.22. The van der Waals surface area contributed by atoms with Gasteiger partial charge in [-0.05, 0) is 30.3 Å². The predicted molar refractivity (Wildman–Crippen MR) is 76.3 cm³/mol. The van der Waals surface area contributed by atoms with Gasteiger partial charge in [0.25, 0.3) is 0 Å². The first-order valence-corrected chi connectivity index (χ1v) is 7.58. The lowest BCUT2D eigenvalue weighted by Crippen LogP contribution is -2.03. The van der Waals surface area contributed by atoms with E-state index in [2.05, 4.69) is 0 Å². The molecule has 2 aromatic carbocycles. The number of methoxy groups -OCH3 is 1. The smallest absolute Gasteiger partial charge is 0.208 e. The molecule has 7 heteroatoms. The summed E-state index contributed by atoms with van der Waals surface area (Å²) in [5, 5.41) is 18.4. The SMILES string of the molecule is COc1cc(S(=O)(=O)c2cc(C#N)ccc2Cl)ccc1O. The number of rotatable bonds is 3. The molecular formula is C14H10ClNO4S. The lowest BCUT2D eigenvalue weighted by molar-refractivity contribution is 0.372. The zero-order valence-corrected chi connectivity index (χ0v) is 12.4. The van der Waals surface area contributed by atoms with Crippen LogP contribution in [0.25, 0.3) is 0 Å². The second-order valence-corrected chi connectivity index (χ2v) is 6.42. The fourth-order valence-electron chi connectivity index (χ4n) is 1.73. The summed E-state index contributed by atoms with van der Waals surface area (Å²) >= 11 is 5.92. The Morgan fingerprint density at radius 3 is 2.57 bits per heavy atom. The molecule has 0 fully saturated rings. The van der Waals surface area contributed by atoms with Crippen LogP contribution < -0.4 is 4.74 Å². The van der Waals surface area contributed by atoms with Crippen LogP contribution in [0, 0.1) is 11.3 Å². The Balaban J connectivity index is 2.65. The largest absolute Gasteiger partial charge is 0.504 e. The highest BCUT2D eigenvalue weighted by Crippen LogP contribution is 2.33. The molecule has 0 radical (unpaired) electrons. The van der Waals surface area contributed by atoms with Crippen LogP contribution in [-0.4, -0.2) is 20.6 Å². The first-order chi connectivity index (χ1) is 9.90. The molecule has 0 aliphatic carbocycles. The number of nitrogens with zero attached hydrogens (tertiary/aromatic N) is 1. The van der Waals surface area contributed by atoms with Crippen molar-refractivity contribution in [2.45, 2.75) is 9.79 Å². The molecule has 0 spiro atoms. The second kappa shape index (κ2) is 5.64. The third-order valence-corrected chi connectivity index (χ3v) is 5.04. The molecule has 0 aromatic heterocycles. The van der Waals surface area contributed by atoms with Gasteiger partial charge >= 0.3 is 0 Å². The molecule has 0 heterocycles. The molecule has 21 heavy (non-hydrogen) atoms. The highest BCUT2D eigenvalue weighted by atomic mass is 35.5. The van der Waals surface area contributed by atoms with E-state index < -0.39 is 9.84 Å². The summed E-state index contributed by atoms with van der Waals surface area (Å²) in [4.78, 5) is -0.259. The van der Waals surface area contributed by atoms with Crippen molar-refractivity contribution in [2.75, 3.05) is 7.11 Å². The van der Waals surface area contributed by atoms with Gasteiger partial charge in [-0.1, -0.05) is 11.6 Å². The Morgan fingerprint density at radius 1 is 1.24 bits per heavy atom. The van der Waals surface area contributed by atoms with Gasteiger partial charge in [-0.25, -0.2) is 8.42 Å². The predicted octanol–water partition coefficient (Wildman–Crippen LogP) is 2.76. The standard InChI is InChI=1S/C14H10ClNO4S/c1-20-13-7-10(3-5-12(13)17)21(18,19)14-6-9(8-16)2-4-11(14)15/h2-7,17H,1H3. The summed E-state index contributed by atoms with van der Waals surface area (Å²) in [5.41, 5.74) is 0.184. The van der Waals surface area contributed by atoms with Crippen LogP contribution in [0.4, 0.5) is 0 Å². The fourth-order valence-corrected chi connectivity index (χ4v) is 3.52. The molecule has 0 aliphatic rings. The lowest BCUT2D eigenvalue weighted by atomic mass is 10.2. The average Bonchev–Trinajstić information content (AvgIpc) is 2.47. The number of hydrogen-bond acceptors (Lipinski definition) is 5. The third-order valence-electron chi connectivity index (χ3n) is 2.81. The zero-order chi connectivity index (χ0) is 15.6. The van der Waals surface area contributed by atoms with Crippen molar-refractivity contribution in [3.63, 3.8) is 0 Å². The van der Waals surface area contributed by atoms with Crippen molar-refractivity contribution >= 4 is 21.4 Å². The van der Waals surface area contributed by atoms with Crippen LogP contribution in [0.2, 0.25) is 5.02 Å². The Bertz CT molecular complexity index is 841. The van der Waals surface area contributed by atoms with Gasteiger partial charge in [0, 0.05) is 6.07 Å². The number of halogens is 1. The van der Waals surface area contributed by atoms with E-state index in [0.29, 0.717) is 0 Å². The van der Waals surface area contributed by atoms with Crippen molar-refractivity contribution in [3.8, 4) is 17.6 Å². The number of phenols is 1. The van der Waals surface area contributed by atoms with Crippen LogP contribution in [0.15, 0.2) is 46.2 Å². The third kappa shape index (κ3) is 2.79. The molecule has 0 amide bonds. The van der Waals surface area contributed by atoms with Gasteiger partial charge < -0.3 is 9.84 Å². The molecular weight excluding hydrogens is 314 g/mol. The molecule has 108 valence electrons. The first kappa shape index (κ1) is 15.2. The Labute approximate surface area is 126 Å². The van der Waals surface area contributed by atoms with Crippen molar-refractivity contribution in [1.82, 2.24) is 0 Å². The summed E-state index contributed by atoms with van der Waals surface area (Å²) in [6, 6.07) is 9.50. The summed E-state index contributed by atoms with van der Waals surface area (Å²) in [7, 11) is -2.61. The molecule has 1 N–H and O–H groups in total. The maximum absolute atomic E-state index is 12.6. The molecule has 5 nitrogen and oxygen atoms in total. The van der Waals surface area contributed by atoms with Gasteiger partial charge in [-0.15, -0.1) is 0 Å². The quantitative estimate of drug-likeness (QED) is 0.938. The molecule has 2 rings (SSSR count). The molecule has 0 bridgehead atoms. The van der Waals surface area contributed by atoms with Crippen molar-refractivity contribution in [1.29, 1.82) is 5.26 Å². The topological polar surface area (TPSA) is 87.4 Å². The van der Waals surface area contributed by atoms with Gasteiger partial charge in [0.05, 0.1) is 33.6 Å². The van der Waals surface area contributed by atoms with Gasteiger partial charge in [-0.2, -0.15) is 5.26 Å². The van der Waals surface area contributed by atoms with Crippen LogP contribution >= 0.6 is 11.6 Å². The summed E-state index contributed by atoms with van der Waals surface area (Å²) in [6.07, 6.45) is 0. The van der Waals surface area contributed by atoms with Crippen LogP contribution in [-0.2, 0) is 9.84 Å². The zero-order valence-electron chi connectivity index (χ0n) is 10.9. The van der Waals surface area contributed by atoms with Gasteiger partial charge in [0.1, 0.15) is 0 Å². The van der Waals surface area contributed by atoms with E-state index in [1.54, 1.807) is 0 Å². The number of phenolic OH excluding ortho intramolecular Hbond substituents is 1. The number of benzene rings is 2. The van der Waals surface area contributed by atoms with Crippen LogP contribution in [0.5, 0.6) is 11.5 Å². The van der Waals surface area contributed by atoms with Crippen LogP contribution in [0.1, 0.15) is 5.56 Å². The second-order valence-electron chi connectivity index (χ2n) is 4.09. The molecule has 0 aliphatic heterocycles. The maximum Gasteiger partial charge on any atom is 0.208 e.